The van der Waals surface area contributed by atoms with Crippen LogP contribution in [0, 0.1) is 0 Å². The van der Waals surface area contributed by atoms with Crippen LogP contribution >= 0.6 is 55.6 Å². The highest BCUT2D eigenvalue weighted by molar-refractivity contribution is 9.12. The molecular weight excluding hydrogens is 407 g/mol. The molecular formula is C10H13Br2ClN2O2S. The zero-order valence-corrected chi connectivity index (χ0v) is 14.2. The first kappa shape index (κ1) is 16.4. The Morgan fingerprint density at radius 1 is 1.61 bits per heavy atom. The molecule has 0 bridgehead atoms. The van der Waals surface area contributed by atoms with Gasteiger partial charge in [-0.1, -0.05) is 0 Å². The zero-order chi connectivity index (χ0) is 12.4. The van der Waals surface area contributed by atoms with Gasteiger partial charge in [-0.3, -0.25) is 4.79 Å². The van der Waals surface area contributed by atoms with E-state index in [1.807, 2.05) is 6.07 Å². The number of hydrogen-bond acceptors (Lipinski definition) is 4. The molecule has 18 heavy (non-hydrogen) atoms. The van der Waals surface area contributed by atoms with Crippen molar-refractivity contribution in [2.45, 2.75) is 6.10 Å². The Kier molecular flexibility index (Phi) is 6.57. The third-order valence-corrected chi connectivity index (χ3v) is 4.92. The van der Waals surface area contributed by atoms with E-state index in [0.717, 1.165) is 7.57 Å². The van der Waals surface area contributed by atoms with Crippen molar-refractivity contribution >= 4 is 61.5 Å². The first-order valence-electron chi connectivity index (χ1n) is 5.17. The molecule has 8 heteroatoms. The molecule has 2 heterocycles. The van der Waals surface area contributed by atoms with E-state index >= 15 is 0 Å². The lowest BCUT2D eigenvalue weighted by molar-refractivity contribution is -0.0167. The molecule has 102 valence electrons. The van der Waals surface area contributed by atoms with Gasteiger partial charge in [-0.15, -0.1) is 23.7 Å². The van der Waals surface area contributed by atoms with E-state index in [2.05, 4.69) is 31.9 Å². The Hall–Kier alpha value is 0.340. The quantitative estimate of drug-likeness (QED) is 0.800. The maximum absolute atomic E-state index is 12.3. The van der Waals surface area contributed by atoms with Crippen LogP contribution in [0.5, 0.6) is 0 Å². The van der Waals surface area contributed by atoms with E-state index in [1.165, 1.54) is 11.3 Å². The van der Waals surface area contributed by atoms with E-state index in [9.17, 15) is 4.79 Å². The highest BCUT2D eigenvalue weighted by Crippen LogP contribution is 2.32. The van der Waals surface area contributed by atoms with Gasteiger partial charge in [0.2, 0.25) is 0 Å². The number of morpholine rings is 1. The first-order chi connectivity index (χ1) is 8.11. The second-order valence-corrected chi connectivity index (χ2v) is 7.47. The molecule has 2 rings (SSSR count). The molecule has 0 radical (unpaired) electrons. The van der Waals surface area contributed by atoms with Crippen LogP contribution in [0.4, 0.5) is 0 Å². The topological polar surface area (TPSA) is 55.6 Å². The van der Waals surface area contributed by atoms with Crippen LogP contribution < -0.4 is 5.73 Å². The summed E-state index contributed by atoms with van der Waals surface area (Å²) in [6.07, 6.45) is -0.0476. The second-order valence-electron chi connectivity index (χ2n) is 3.72. The fourth-order valence-corrected chi connectivity index (χ4v) is 4.48. The van der Waals surface area contributed by atoms with Crippen molar-refractivity contribution in [1.82, 2.24) is 4.90 Å². The van der Waals surface area contributed by atoms with Crippen LogP contribution in [0.2, 0.25) is 0 Å². The molecule has 4 nitrogen and oxygen atoms in total. The third kappa shape index (κ3) is 3.68. The maximum Gasteiger partial charge on any atom is 0.256 e. The lowest BCUT2D eigenvalue weighted by atomic mass is 10.2. The molecule has 0 spiro atoms. The number of carbonyl (C=O) groups excluding carboxylic acids is 1. The van der Waals surface area contributed by atoms with Gasteiger partial charge in [0.05, 0.1) is 25.8 Å². The largest absolute Gasteiger partial charge is 0.373 e. The molecule has 0 aliphatic carbocycles. The fourth-order valence-electron chi connectivity index (χ4n) is 1.70. The average Bonchev–Trinajstić information content (AvgIpc) is 2.67. The molecule has 0 aromatic carbocycles. The molecule has 2 N–H and O–H groups in total. The van der Waals surface area contributed by atoms with E-state index in [-0.39, 0.29) is 24.4 Å². The Balaban J connectivity index is 0.00000162. The van der Waals surface area contributed by atoms with Gasteiger partial charge in [-0.25, -0.2) is 0 Å². The summed E-state index contributed by atoms with van der Waals surface area (Å²) in [6.45, 7) is 2.18. The molecule has 1 amide bonds. The molecule has 0 saturated carbocycles. The van der Waals surface area contributed by atoms with Gasteiger partial charge in [0, 0.05) is 19.6 Å². The van der Waals surface area contributed by atoms with Crippen LogP contribution in [-0.4, -0.2) is 43.2 Å². The number of ether oxygens (including phenoxy) is 1. The highest BCUT2D eigenvalue weighted by Gasteiger charge is 2.26. The van der Waals surface area contributed by atoms with Crippen molar-refractivity contribution in [3.05, 3.63) is 19.2 Å². The van der Waals surface area contributed by atoms with E-state index in [0.29, 0.717) is 31.8 Å². The second kappa shape index (κ2) is 7.21. The summed E-state index contributed by atoms with van der Waals surface area (Å²) >= 11 is 8.27. The van der Waals surface area contributed by atoms with Gasteiger partial charge in [0.25, 0.3) is 5.91 Å². The van der Waals surface area contributed by atoms with Gasteiger partial charge in [-0.05, 0) is 37.9 Å². The van der Waals surface area contributed by atoms with Crippen molar-refractivity contribution in [3.63, 3.8) is 0 Å². The fraction of sp³-hybridized carbons (Fsp3) is 0.500. The summed E-state index contributed by atoms with van der Waals surface area (Å²) < 4.78 is 7.23. The maximum atomic E-state index is 12.3. The van der Waals surface area contributed by atoms with Crippen molar-refractivity contribution in [3.8, 4) is 0 Å². The molecule has 1 aromatic heterocycles. The summed E-state index contributed by atoms with van der Waals surface area (Å²) in [5.41, 5.74) is 6.25. The summed E-state index contributed by atoms with van der Waals surface area (Å²) in [7, 11) is 0. The van der Waals surface area contributed by atoms with Crippen LogP contribution in [0.1, 0.15) is 10.4 Å². The van der Waals surface area contributed by atoms with Crippen molar-refractivity contribution < 1.29 is 9.53 Å². The number of hydrogen-bond donors (Lipinski definition) is 1. The lowest BCUT2D eigenvalue weighted by Crippen LogP contribution is -2.48. The Morgan fingerprint density at radius 2 is 2.33 bits per heavy atom. The average molecular weight is 421 g/mol. The number of rotatable bonds is 2. The predicted molar refractivity (Wildman–Crippen MR) is 81.7 cm³/mol. The van der Waals surface area contributed by atoms with Gasteiger partial charge in [0.15, 0.2) is 0 Å². The summed E-state index contributed by atoms with van der Waals surface area (Å²) in [5.74, 6) is 0.0283. The molecule has 1 fully saturated rings. The van der Waals surface area contributed by atoms with Crippen molar-refractivity contribution in [2.24, 2.45) is 5.73 Å². The zero-order valence-electron chi connectivity index (χ0n) is 9.40. The minimum Gasteiger partial charge on any atom is -0.373 e. The van der Waals surface area contributed by atoms with Gasteiger partial charge in [-0.2, -0.15) is 0 Å². The summed E-state index contributed by atoms with van der Waals surface area (Å²) in [6, 6.07) is 1.84. The minimum atomic E-state index is -0.0476. The lowest BCUT2D eigenvalue weighted by Gasteiger charge is -2.32. The van der Waals surface area contributed by atoms with Crippen LogP contribution in [-0.2, 0) is 4.74 Å². The Bertz CT molecular complexity index is 430. The number of carbonyl (C=O) groups is 1. The van der Waals surface area contributed by atoms with Crippen LogP contribution in [0.15, 0.2) is 13.6 Å². The smallest absolute Gasteiger partial charge is 0.256 e. The summed E-state index contributed by atoms with van der Waals surface area (Å²) in [5, 5.41) is 0. The Morgan fingerprint density at radius 3 is 2.89 bits per heavy atom. The predicted octanol–water partition coefficient (Wildman–Crippen LogP) is 2.49. The monoisotopic (exact) mass is 418 g/mol. The molecule has 1 atom stereocenters. The number of nitrogens with two attached hydrogens (primary N) is 1. The number of amides is 1. The van der Waals surface area contributed by atoms with Gasteiger partial charge >= 0.3 is 0 Å². The number of nitrogens with zero attached hydrogens (tertiary/aromatic N) is 1. The van der Waals surface area contributed by atoms with Gasteiger partial charge in [0.1, 0.15) is 0 Å². The molecule has 1 aliphatic rings. The molecule has 1 unspecified atom stereocenters. The van der Waals surface area contributed by atoms with E-state index in [4.69, 9.17) is 10.5 Å². The Labute approximate surface area is 133 Å². The minimum absolute atomic E-state index is 0. The normalized spacial score (nSPS) is 19.5. The first-order valence-corrected chi connectivity index (χ1v) is 7.58. The van der Waals surface area contributed by atoms with Crippen molar-refractivity contribution in [1.29, 1.82) is 0 Å². The highest BCUT2D eigenvalue weighted by atomic mass is 79.9. The number of thiophene rings is 1. The van der Waals surface area contributed by atoms with Gasteiger partial charge < -0.3 is 15.4 Å². The summed E-state index contributed by atoms with van der Waals surface area (Å²) in [4.78, 5) is 14.1. The molecule has 1 saturated heterocycles. The molecule has 1 aromatic rings. The molecule has 1 aliphatic heterocycles. The van der Waals surface area contributed by atoms with E-state index < -0.39 is 0 Å². The standard InChI is InChI=1S/C10H12Br2N2O2S.ClH/c11-8-3-7(9(12)17-8)10(15)14-1-2-16-6(4-13)5-14;/h3,6H,1-2,4-5,13H2;1H. The third-order valence-electron chi connectivity index (χ3n) is 2.58. The van der Waals surface area contributed by atoms with E-state index in [1.54, 1.807) is 4.90 Å². The van der Waals surface area contributed by atoms with Crippen LogP contribution in [0.3, 0.4) is 0 Å². The van der Waals surface area contributed by atoms with Crippen molar-refractivity contribution in [2.75, 3.05) is 26.2 Å². The number of halogens is 3. The SMILES string of the molecule is Cl.NCC1CN(C(=O)c2cc(Br)sc2Br)CCO1. The van der Waals surface area contributed by atoms with Crippen LogP contribution in [0.25, 0.3) is 0 Å².